The van der Waals surface area contributed by atoms with Crippen LogP contribution in [0.3, 0.4) is 0 Å². The number of hydrogen-bond acceptors (Lipinski definition) is 6. The first-order chi connectivity index (χ1) is 16.3. The van der Waals surface area contributed by atoms with Crippen LogP contribution in [0.4, 0.5) is 11.5 Å². The number of hydrogen-bond donors (Lipinski definition) is 2. The number of aryl methyl sites for hydroxylation is 1. The molecule has 3 heterocycles. The molecule has 1 fully saturated rings. The lowest BCUT2D eigenvalue weighted by atomic mass is 9.79. The van der Waals surface area contributed by atoms with E-state index in [0.29, 0.717) is 12.5 Å². The third kappa shape index (κ3) is 4.30. The molecule has 8 heteroatoms. The summed E-state index contributed by atoms with van der Waals surface area (Å²) in [6.45, 7) is 8.01. The van der Waals surface area contributed by atoms with Crippen LogP contribution in [0.5, 0.6) is 0 Å². The fraction of sp³-hybridized carbons (Fsp3) is 0.462. The number of nitrogens with zero attached hydrogens (tertiary/aromatic N) is 5. The molecule has 2 N–H and O–H groups in total. The lowest BCUT2D eigenvalue weighted by Crippen LogP contribution is -2.51. The number of benzene rings is 1. The SMILES string of the molecule is CC(=O)N1c2ccc(-c3cnn(CC(C)O)c3)cc2[C@H](Nc2cnc(C)cn2)[C@@H](C)[C@@H]1C1CC1. The Morgan fingerprint density at radius 1 is 1.21 bits per heavy atom. The van der Waals surface area contributed by atoms with Crippen molar-refractivity contribution in [3.8, 4) is 11.1 Å². The molecule has 1 aliphatic carbocycles. The number of anilines is 2. The van der Waals surface area contributed by atoms with E-state index in [2.05, 4.69) is 45.5 Å². The summed E-state index contributed by atoms with van der Waals surface area (Å²) in [5, 5.41) is 17.7. The van der Waals surface area contributed by atoms with Gasteiger partial charge in [-0.05, 0) is 55.9 Å². The second kappa shape index (κ2) is 8.83. The van der Waals surface area contributed by atoms with Crippen molar-refractivity contribution >= 4 is 17.4 Å². The summed E-state index contributed by atoms with van der Waals surface area (Å²) in [4.78, 5) is 23.8. The predicted molar refractivity (Wildman–Crippen MR) is 131 cm³/mol. The Balaban J connectivity index is 1.58. The maximum Gasteiger partial charge on any atom is 0.224 e. The van der Waals surface area contributed by atoms with Gasteiger partial charge in [0.15, 0.2) is 0 Å². The summed E-state index contributed by atoms with van der Waals surface area (Å²) in [5.41, 5.74) is 4.90. The first-order valence-corrected chi connectivity index (χ1v) is 12.0. The highest BCUT2D eigenvalue weighted by atomic mass is 16.3. The van der Waals surface area contributed by atoms with Gasteiger partial charge in [-0.25, -0.2) is 4.98 Å². The Bertz CT molecular complexity index is 1180. The largest absolute Gasteiger partial charge is 0.391 e. The van der Waals surface area contributed by atoms with E-state index >= 15 is 0 Å². The minimum absolute atomic E-state index is 0.0133. The molecule has 1 aliphatic heterocycles. The van der Waals surface area contributed by atoms with Crippen LogP contribution in [0.2, 0.25) is 0 Å². The smallest absolute Gasteiger partial charge is 0.224 e. The summed E-state index contributed by atoms with van der Waals surface area (Å²) in [7, 11) is 0. The molecule has 178 valence electrons. The van der Waals surface area contributed by atoms with Crippen molar-refractivity contribution in [1.82, 2.24) is 19.7 Å². The van der Waals surface area contributed by atoms with Crippen molar-refractivity contribution in [2.75, 3.05) is 10.2 Å². The molecule has 1 aromatic carbocycles. The van der Waals surface area contributed by atoms with Gasteiger partial charge in [-0.1, -0.05) is 13.0 Å². The van der Waals surface area contributed by atoms with Gasteiger partial charge in [0.05, 0.1) is 43.0 Å². The van der Waals surface area contributed by atoms with Crippen LogP contribution in [-0.4, -0.2) is 42.9 Å². The number of aliphatic hydroxyl groups is 1. The van der Waals surface area contributed by atoms with Crippen LogP contribution in [0.1, 0.15) is 50.9 Å². The van der Waals surface area contributed by atoms with Crippen LogP contribution in [0, 0.1) is 18.8 Å². The number of aliphatic hydroxyl groups excluding tert-OH is 1. The average Bonchev–Trinajstić information content (AvgIpc) is 3.53. The molecule has 0 spiro atoms. The molecule has 1 saturated carbocycles. The topological polar surface area (TPSA) is 96.2 Å². The fourth-order valence-electron chi connectivity index (χ4n) is 5.25. The summed E-state index contributed by atoms with van der Waals surface area (Å²) in [6, 6.07) is 6.42. The molecule has 8 nitrogen and oxygen atoms in total. The molecular formula is C26H32N6O2. The van der Waals surface area contributed by atoms with Crippen molar-refractivity contribution < 1.29 is 9.90 Å². The van der Waals surface area contributed by atoms with Crippen LogP contribution >= 0.6 is 0 Å². The highest BCUT2D eigenvalue weighted by Crippen LogP contribution is 2.50. The quantitative estimate of drug-likeness (QED) is 0.578. The highest BCUT2D eigenvalue weighted by Gasteiger charge is 2.47. The second-order valence-corrected chi connectivity index (χ2v) is 9.81. The summed E-state index contributed by atoms with van der Waals surface area (Å²) < 4.78 is 1.75. The van der Waals surface area contributed by atoms with Crippen molar-refractivity contribution in [3.63, 3.8) is 0 Å². The Kier molecular flexibility index (Phi) is 5.85. The van der Waals surface area contributed by atoms with Crippen molar-refractivity contribution in [2.45, 2.75) is 65.3 Å². The number of carbonyl (C=O) groups excluding carboxylic acids is 1. The summed E-state index contributed by atoms with van der Waals surface area (Å²) in [5.74, 6) is 1.53. The van der Waals surface area contributed by atoms with E-state index in [1.165, 1.54) is 0 Å². The molecule has 2 aromatic heterocycles. The maximum absolute atomic E-state index is 12.9. The van der Waals surface area contributed by atoms with E-state index < -0.39 is 6.10 Å². The van der Waals surface area contributed by atoms with Gasteiger partial charge in [0.2, 0.25) is 5.91 Å². The van der Waals surface area contributed by atoms with Crippen LogP contribution < -0.4 is 10.2 Å². The van der Waals surface area contributed by atoms with Gasteiger partial charge in [0.1, 0.15) is 5.82 Å². The van der Waals surface area contributed by atoms with E-state index in [0.717, 1.165) is 46.7 Å². The van der Waals surface area contributed by atoms with E-state index in [-0.39, 0.29) is 23.9 Å². The van der Waals surface area contributed by atoms with E-state index in [1.54, 1.807) is 30.9 Å². The minimum Gasteiger partial charge on any atom is -0.391 e. The summed E-state index contributed by atoms with van der Waals surface area (Å²) in [6.07, 6.45) is 9.16. The first-order valence-electron chi connectivity index (χ1n) is 12.0. The van der Waals surface area contributed by atoms with Gasteiger partial charge in [-0.2, -0.15) is 5.10 Å². The van der Waals surface area contributed by atoms with Crippen molar-refractivity contribution in [1.29, 1.82) is 0 Å². The van der Waals surface area contributed by atoms with E-state index in [9.17, 15) is 9.90 Å². The molecule has 1 unspecified atom stereocenters. The normalized spacial score (nSPS) is 22.9. The van der Waals surface area contributed by atoms with Gasteiger partial charge in [0, 0.05) is 36.3 Å². The third-order valence-corrected chi connectivity index (χ3v) is 6.93. The summed E-state index contributed by atoms with van der Waals surface area (Å²) >= 11 is 0. The van der Waals surface area contributed by atoms with Gasteiger partial charge >= 0.3 is 0 Å². The molecule has 4 atom stereocenters. The molecule has 3 aromatic rings. The number of amides is 1. The average molecular weight is 461 g/mol. The maximum atomic E-state index is 12.9. The second-order valence-electron chi connectivity index (χ2n) is 9.81. The minimum atomic E-state index is -0.468. The zero-order chi connectivity index (χ0) is 24.0. The molecule has 5 rings (SSSR count). The molecular weight excluding hydrogens is 428 g/mol. The molecule has 2 aliphatic rings. The Morgan fingerprint density at radius 2 is 2.00 bits per heavy atom. The van der Waals surface area contributed by atoms with Gasteiger partial charge in [0.25, 0.3) is 0 Å². The molecule has 0 bridgehead atoms. The molecule has 0 saturated heterocycles. The van der Waals surface area contributed by atoms with Gasteiger partial charge < -0.3 is 15.3 Å². The zero-order valence-electron chi connectivity index (χ0n) is 20.1. The Morgan fingerprint density at radius 3 is 2.65 bits per heavy atom. The number of aromatic nitrogens is 4. The third-order valence-electron chi connectivity index (χ3n) is 6.93. The number of fused-ring (bicyclic) bond motifs is 1. The van der Waals surface area contributed by atoms with Gasteiger partial charge in [-0.15, -0.1) is 0 Å². The zero-order valence-corrected chi connectivity index (χ0v) is 20.1. The Labute approximate surface area is 200 Å². The molecule has 1 amide bonds. The predicted octanol–water partition coefficient (Wildman–Crippen LogP) is 3.96. The lowest BCUT2D eigenvalue weighted by molar-refractivity contribution is -0.117. The van der Waals surface area contributed by atoms with Crippen LogP contribution in [0.15, 0.2) is 43.0 Å². The standard InChI is InChI=1S/C26H32N6O2/c1-15-10-28-24(12-27-15)30-25-17(3)26(19-5-6-19)32(18(4)34)23-8-7-20(9-22(23)25)21-11-29-31(14-21)13-16(2)33/h7-12,14,16-17,19,25-26,33H,5-6,13H2,1-4H3,(H,28,30)/t16?,17-,25-,26-/m1/s1. The van der Waals surface area contributed by atoms with Crippen LogP contribution in [0.25, 0.3) is 11.1 Å². The first kappa shape index (κ1) is 22.5. The molecule has 0 radical (unpaired) electrons. The number of nitrogens with one attached hydrogen (secondary N) is 1. The monoisotopic (exact) mass is 460 g/mol. The number of rotatable bonds is 6. The fourth-order valence-corrected chi connectivity index (χ4v) is 5.25. The van der Waals surface area contributed by atoms with Crippen LogP contribution in [-0.2, 0) is 11.3 Å². The van der Waals surface area contributed by atoms with E-state index in [4.69, 9.17) is 0 Å². The number of carbonyl (C=O) groups is 1. The van der Waals surface area contributed by atoms with Gasteiger partial charge in [-0.3, -0.25) is 14.5 Å². The molecule has 34 heavy (non-hydrogen) atoms. The Hall–Kier alpha value is -3.26. The van der Waals surface area contributed by atoms with Crippen molar-refractivity contribution in [3.05, 3.63) is 54.2 Å². The lowest BCUT2D eigenvalue weighted by Gasteiger charge is -2.46. The highest BCUT2D eigenvalue weighted by molar-refractivity contribution is 5.94. The van der Waals surface area contributed by atoms with E-state index in [1.807, 2.05) is 24.2 Å². The van der Waals surface area contributed by atoms with Crippen molar-refractivity contribution in [2.24, 2.45) is 11.8 Å².